The highest BCUT2D eigenvalue weighted by molar-refractivity contribution is 5.22. The summed E-state index contributed by atoms with van der Waals surface area (Å²) in [6, 6.07) is 0. The predicted molar refractivity (Wildman–Crippen MR) is 97.0 cm³/mol. The second-order valence-corrected chi connectivity index (χ2v) is 8.07. The van der Waals surface area contributed by atoms with E-state index >= 15 is 0 Å². The molecule has 1 aromatic heterocycles. The molecular weight excluding hydrogens is 300 g/mol. The van der Waals surface area contributed by atoms with Crippen LogP contribution in [-0.2, 0) is 6.54 Å². The molecule has 1 aromatic rings. The molecule has 2 fully saturated rings. The maximum Gasteiger partial charge on any atom is 0.0596 e. The SMILES string of the molecule is CNCCN(C)Cc1cn[nH]c1C1CCC(O)C2(CCCCC2)C1. The summed E-state index contributed by atoms with van der Waals surface area (Å²) >= 11 is 0. The average molecular weight is 335 g/mol. The Bertz CT molecular complexity index is 509. The summed E-state index contributed by atoms with van der Waals surface area (Å²) in [6.45, 7) is 2.98. The Morgan fingerprint density at radius 2 is 2.12 bits per heavy atom. The van der Waals surface area contributed by atoms with E-state index in [9.17, 15) is 5.11 Å². The highest BCUT2D eigenvalue weighted by atomic mass is 16.3. The normalized spacial score (nSPS) is 27.0. The summed E-state index contributed by atoms with van der Waals surface area (Å²) in [5, 5.41) is 21.5. The number of aliphatic hydroxyl groups is 1. The molecule has 3 rings (SSSR count). The minimum Gasteiger partial charge on any atom is -0.393 e. The molecule has 5 nitrogen and oxygen atoms in total. The van der Waals surface area contributed by atoms with Gasteiger partial charge in [-0.3, -0.25) is 5.10 Å². The molecule has 2 aliphatic carbocycles. The summed E-state index contributed by atoms with van der Waals surface area (Å²) in [5.41, 5.74) is 2.82. The Kier molecular flexibility index (Phi) is 5.95. The first-order chi connectivity index (χ1) is 11.6. The summed E-state index contributed by atoms with van der Waals surface area (Å²) < 4.78 is 0. The first-order valence-electron chi connectivity index (χ1n) is 9.68. The average Bonchev–Trinajstić information content (AvgIpc) is 3.04. The van der Waals surface area contributed by atoms with Crippen LogP contribution in [0.1, 0.15) is 68.5 Å². The van der Waals surface area contributed by atoms with Crippen LogP contribution >= 0.6 is 0 Å². The van der Waals surface area contributed by atoms with Crippen molar-refractivity contribution in [2.24, 2.45) is 5.41 Å². The molecule has 0 bridgehead atoms. The van der Waals surface area contributed by atoms with Gasteiger partial charge in [-0.05, 0) is 51.6 Å². The van der Waals surface area contributed by atoms with Gasteiger partial charge < -0.3 is 15.3 Å². The van der Waals surface area contributed by atoms with Gasteiger partial charge in [0.15, 0.2) is 0 Å². The first kappa shape index (κ1) is 17.9. The maximum absolute atomic E-state index is 10.7. The minimum absolute atomic E-state index is 0.0984. The van der Waals surface area contributed by atoms with Crippen LogP contribution in [0.4, 0.5) is 0 Å². The summed E-state index contributed by atoms with van der Waals surface area (Å²) in [4.78, 5) is 2.35. The largest absolute Gasteiger partial charge is 0.393 e. The van der Waals surface area contributed by atoms with Crippen molar-refractivity contribution in [3.05, 3.63) is 17.5 Å². The van der Waals surface area contributed by atoms with Crippen molar-refractivity contribution in [1.82, 2.24) is 20.4 Å². The molecule has 2 aliphatic rings. The topological polar surface area (TPSA) is 64.2 Å². The lowest BCUT2D eigenvalue weighted by Crippen LogP contribution is -2.42. The Balaban J connectivity index is 1.69. The zero-order valence-corrected chi connectivity index (χ0v) is 15.4. The Labute approximate surface area is 146 Å². The number of likely N-dealkylation sites (N-methyl/N-ethyl adjacent to an activating group) is 2. The number of hydrogen-bond donors (Lipinski definition) is 3. The highest BCUT2D eigenvalue weighted by Gasteiger charge is 2.44. The van der Waals surface area contributed by atoms with Crippen LogP contribution < -0.4 is 5.32 Å². The van der Waals surface area contributed by atoms with Crippen molar-refractivity contribution in [1.29, 1.82) is 0 Å². The number of H-pyrrole nitrogens is 1. The fourth-order valence-corrected chi connectivity index (χ4v) is 4.91. The molecule has 2 unspecified atom stereocenters. The van der Waals surface area contributed by atoms with Crippen molar-refractivity contribution in [2.45, 2.75) is 69.9 Å². The molecule has 1 spiro atoms. The smallest absolute Gasteiger partial charge is 0.0596 e. The number of nitrogens with zero attached hydrogens (tertiary/aromatic N) is 2. The molecule has 5 heteroatoms. The zero-order valence-electron chi connectivity index (χ0n) is 15.4. The highest BCUT2D eigenvalue weighted by Crippen LogP contribution is 2.52. The van der Waals surface area contributed by atoms with Gasteiger partial charge in [-0.25, -0.2) is 0 Å². The minimum atomic E-state index is -0.0984. The summed E-state index contributed by atoms with van der Waals surface area (Å²) in [6.07, 6.45) is 11.4. The van der Waals surface area contributed by atoms with Gasteiger partial charge in [0.05, 0.1) is 12.3 Å². The molecule has 0 amide bonds. The lowest BCUT2D eigenvalue weighted by molar-refractivity contribution is -0.0438. The molecule has 1 heterocycles. The van der Waals surface area contributed by atoms with Crippen molar-refractivity contribution >= 4 is 0 Å². The lowest BCUT2D eigenvalue weighted by atomic mass is 9.60. The number of aliphatic hydroxyl groups excluding tert-OH is 1. The number of hydrogen-bond acceptors (Lipinski definition) is 4. The van der Waals surface area contributed by atoms with Crippen LogP contribution in [0.25, 0.3) is 0 Å². The van der Waals surface area contributed by atoms with E-state index in [1.807, 2.05) is 13.2 Å². The van der Waals surface area contributed by atoms with E-state index in [1.54, 1.807) is 0 Å². The van der Waals surface area contributed by atoms with E-state index in [2.05, 4.69) is 27.5 Å². The van der Waals surface area contributed by atoms with E-state index in [-0.39, 0.29) is 11.5 Å². The zero-order chi connectivity index (χ0) is 17.0. The third kappa shape index (κ3) is 3.84. The third-order valence-corrected chi connectivity index (χ3v) is 6.34. The van der Waals surface area contributed by atoms with Gasteiger partial charge in [0.1, 0.15) is 0 Å². The van der Waals surface area contributed by atoms with Crippen LogP contribution in [0.3, 0.4) is 0 Å². The standard InChI is InChI=1S/C19H34N4O/c1-20-10-11-23(2)14-16-13-21-22-18(16)15-6-7-17(24)19(12-15)8-4-3-5-9-19/h13,15,17,20,24H,3-12,14H2,1-2H3,(H,21,22). The molecule has 0 saturated heterocycles. The van der Waals surface area contributed by atoms with E-state index in [0.29, 0.717) is 5.92 Å². The van der Waals surface area contributed by atoms with Gasteiger partial charge in [0.2, 0.25) is 0 Å². The van der Waals surface area contributed by atoms with Crippen molar-refractivity contribution < 1.29 is 5.11 Å². The fourth-order valence-electron chi connectivity index (χ4n) is 4.91. The van der Waals surface area contributed by atoms with Crippen LogP contribution in [-0.4, -0.2) is 53.5 Å². The molecule has 3 N–H and O–H groups in total. The number of aromatic amines is 1. The van der Waals surface area contributed by atoms with E-state index < -0.39 is 0 Å². The van der Waals surface area contributed by atoms with Gasteiger partial charge in [-0.1, -0.05) is 19.3 Å². The van der Waals surface area contributed by atoms with Crippen molar-refractivity contribution in [3.8, 4) is 0 Å². The first-order valence-corrected chi connectivity index (χ1v) is 9.68. The van der Waals surface area contributed by atoms with Gasteiger partial charge in [0, 0.05) is 36.8 Å². The van der Waals surface area contributed by atoms with Gasteiger partial charge in [-0.2, -0.15) is 5.10 Å². The lowest BCUT2D eigenvalue weighted by Gasteiger charge is -2.47. The molecule has 24 heavy (non-hydrogen) atoms. The predicted octanol–water partition coefficient (Wildman–Crippen LogP) is 2.64. The molecular formula is C19H34N4O. The van der Waals surface area contributed by atoms with Crippen molar-refractivity contribution in [2.75, 3.05) is 27.2 Å². The number of rotatable bonds is 6. The molecule has 2 saturated carbocycles. The van der Waals surface area contributed by atoms with Gasteiger partial charge in [0.25, 0.3) is 0 Å². The molecule has 136 valence electrons. The van der Waals surface area contributed by atoms with Crippen LogP contribution in [0.5, 0.6) is 0 Å². The molecule has 0 aliphatic heterocycles. The summed E-state index contributed by atoms with van der Waals surface area (Å²) in [5.74, 6) is 0.529. The second-order valence-electron chi connectivity index (χ2n) is 8.07. The Morgan fingerprint density at radius 1 is 1.33 bits per heavy atom. The second kappa shape index (κ2) is 7.98. The van der Waals surface area contributed by atoms with E-state index in [0.717, 1.165) is 38.9 Å². The Morgan fingerprint density at radius 3 is 2.88 bits per heavy atom. The Hall–Kier alpha value is -0.910. The van der Waals surface area contributed by atoms with Crippen molar-refractivity contribution in [3.63, 3.8) is 0 Å². The monoisotopic (exact) mass is 334 g/mol. The van der Waals surface area contributed by atoms with Gasteiger partial charge >= 0.3 is 0 Å². The number of nitrogens with one attached hydrogen (secondary N) is 2. The molecule has 2 atom stereocenters. The fraction of sp³-hybridized carbons (Fsp3) is 0.842. The quantitative estimate of drug-likeness (QED) is 0.748. The van der Waals surface area contributed by atoms with Crippen LogP contribution in [0, 0.1) is 5.41 Å². The maximum atomic E-state index is 10.7. The molecule has 0 radical (unpaired) electrons. The summed E-state index contributed by atoms with van der Waals surface area (Å²) in [7, 11) is 4.16. The van der Waals surface area contributed by atoms with Crippen LogP contribution in [0.2, 0.25) is 0 Å². The molecule has 0 aromatic carbocycles. The third-order valence-electron chi connectivity index (χ3n) is 6.34. The van der Waals surface area contributed by atoms with Crippen LogP contribution in [0.15, 0.2) is 6.20 Å². The van der Waals surface area contributed by atoms with Gasteiger partial charge in [-0.15, -0.1) is 0 Å². The van der Waals surface area contributed by atoms with E-state index in [1.165, 1.54) is 43.4 Å². The van der Waals surface area contributed by atoms with E-state index in [4.69, 9.17) is 0 Å². The number of aromatic nitrogens is 2.